The van der Waals surface area contributed by atoms with Gasteiger partial charge in [0.25, 0.3) is 0 Å². The first-order chi connectivity index (χ1) is 10.3. The molecule has 3 aliphatic heterocycles. The van der Waals surface area contributed by atoms with Crippen LogP contribution in [0.4, 0.5) is 0 Å². The Balaban J connectivity index is 1.80. The van der Waals surface area contributed by atoms with Gasteiger partial charge in [-0.15, -0.1) is 0 Å². The quantitative estimate of drug-likeness (QED) is 0.541. The van der Waals surface area contributed by atoms with Gasteiger partial charge in [-0.25, -0.2) is 0 Å². The minimum absolute atomic E-state index is 0.555. The third kappa shape index (κ3) is 3.25. The molecule has 0 N–H and O–H groups in total. The van der Waals surface area contributed by atoms with E-state index in [-0.39, 0.29) is 0 Å². The molecule has 120 valence electrons. The van der Waals surface area contributed by atoms with Crippen molar-refractivity contribution in [2.75, 3.05) is 7.11 Å². The molecule has 2 atom stereocenters. The van der Waals surface area contributed by atoms with Gasteiger partial charge in [0.15, 0.2) is 0 Å². The Morgan fingerprint density at radius 2 is 1.57 bits per heavy atom. The van der Waals surface area contributed by atoms with Crippen LogP contribution in [0.5, 0.6) is 0 Å². The van der Waals surface area contributed by atoms with Crippen LogP contribution in [-0.2, 0) is 19.3 Å². The second-order valence-electron chi connectivity index (χ2n) is 6.48. The molecule has 0 aromatic rings. The number of rotatable bonds is 1. The van der Waals surface area contributed by atoms with Crippen LogP contribution < -0.4 is 0 Å². The largest absolute Gasteiger partial charge is 0.399 e. The predicted octanol–water partition coefficient (Wildman–Crippen LogP) is 4.07. The fourth-order valence-electron chi connectivity index (χ4n) is 3.71. The number of oxime groups is 1. The zero-order valence-electron chi connectivity index (χ0n) is 13.1. The highest BCUT2D eigenvalue weighted by Gasteiger charge is 2.58. The van der Waals surface area contributed by atoms with Crippen molar-refractivity contribution in [1.29, 1.82) is 0 Å². The van der Waals surface area contributed by atoms with Gasteiger partial charge >= 0.3 is 0 Å². The molecule has 3 fully saturated rings. The van der Waals surface area contributed by atoms with E-state index in [0.29, 0.717) is 0 Å². The van der Waals surface area contributed by atoms with E-state index >= 15 is 0 Å². The summed E-state index contributed by atoms with van der Waals surface area (Å²) in [5.74, 6) is -1.36. The summed E-state index contributed by atoms with van der Waals surface area (Å²) in [6.07, 6.45) is 13.2. The SMILES string of the molecule is CO/N=C1\CCCCCCCCC[C@@]23CCC[C@@]1(OO2)O3. The molecule has 21 heavy (non-hydrogen) atoms. The summed E-state index contributed by atoms with van der Waals surface area (Å²) in [4.78, 5) is 16.4. The second-order valence-corrected chi connectivity index (χ2v) is 6.48. The van der Waals surface area contributed by atoms with Gasteiger partial charge in [0.05, 0.1) is 0 Å². The molecule has 2 bridgehead atoms. The van der Waals surface area contributed by atoms with Crippen LogP contribution >= 0.6 is 0 Å². The molecule has 3 aliphatic rings. The number of ether oxygens (including phenoxy) is 1. The predicted molar refractivity (Wildman–Crippen MR) is 78.6 cm³/mol. The lowest BCUT2D eigenvalue weighted by atomic mass is 9.92. The van der Waals surface area contributed by atoms with Gasteiger partial charge < -0.3 is 9.57 Å². The molecule has 5 heteroatoms. The fourth-order valence-corrected chi connectivity index (χ4v) is 3.71. The second kappa shape index (κ2) is 6.63. The van der Waals surface area contributed by atoms with Crippen molar-refractivity contribution < 1.29 is 19.3 Å². The van der Waals surface area contributed by atoms with E-state index < -0.39 is 11.6 Å². The summed E-state index contributed by atoms with van der Waals surface area (Å²) in [6, 6.07) is 0. The molecule has 3 saturated heterocycles. The van der Waals surface area contributed by atoms with Gasteiger partial charge in [0, 0.05) is 19.3 Å². The smallest absolute Gasteiger partial charge is 0.246 e. The number of nitrogens with zero attached hydrogens (tertiary/aromatic N) is 1. The van der Waals surface area contributed by atoms with E-state index in [9.17, 15) is 0 Å². The van der Waals surface area contributed by atoms with Gasteiger partial charge in [-0.3, -0.25) is 0 Å². The van der Waals surface area contributed by atoms with Gasteiger partial charge in [0.2, 0.25) is 11.6 Å². The Hall–Kier alpha value is -0.650. The lowest BCUT2D eigenvalue weighted by Crippen LogP contribution is -2.46. The molecule has 0 unspecified atom stereocenters. The van der Waals surface area contributed by atoms with Gasteiger partial charge in [0.1, 0.15) is 12.8 Å². The summed E-state index contributed by atoms with van der Waals surface area (Å²) < 4.78 is 6.30. The maximum Gasteiger partial charge on any atom is 0.246 e. The number of hydrogen-bond donors (Lipinski definition) is 0. The third-order valence-corrected chi connectivity index (χ3v) is 4.86. The average molecular weight is 297 g/mol. The highest BCUT2D eigenvalue weighted by atomic mass is 17.3. The van der Waals surface area contributed by atoms with E-state index in [1.165, 1.54) is 32.1 Å². The normalized spacial score (nSPS) is 40.1. The first-order valence-corrected chi connectivity index (χ1v) is 8.46. The monoisotopic (exact) mass is 297 g/mol. The molecule has 5 nitrogen and oxygen atoms in total. The summed E-state index contributed by atoms with van der Waals surface area (Å²) in [5.41, 5.74) is 0.853. The van der Waals surface area contributed by atoms with Crippen molar-refractivity contribution in [2.45, 2.75) is 88.6 Å². The van der Waals surface area contributed by atoms with Crippen molar-refractivity contribution in [2.24, 2.45) is 5.16 Å². The molecule has 0 amide bonds. The topological polar surface area (TPSA) is 49.3 Å². The van der Waals surface area contributed by atoms with Crippen LogP contribution in [0.1, 0.15) is 77.0 Å². The Morgan fingerprint density at radius 1 is 0.857 bits per heavy atom. The third-order valence-electron chi connectivity index (χ3n) is 4.86. The Labute approximate surface area is 126 Å². The van der Waals surface area contributed by atoms with Crippen molar-refractivity contribution in [3.05, 3.63) is 0 Å². The van der Waals surface area contributed by atoms with E-state index in [2.05, 4.69) is 5.16 Å². The summed E-state index contributed by atoms with van der Waals surface area (Å²) in [5, 5.41) is 4.21. The van der Waals surface area contributed by atoms with E-state index in [1.54, 1.807) is 7.11 Å². The van der Waals surface area contributed by atoms with Crippen molar-refractivity contribution in [3.8, 4) is 0 Å². The zero-order chi connectivity index (χ0) is 14.6. The summed E-state index contributed by atoms with van der Waals surface area (Å²) in [6.45, 7) is 0. The zero-order valence-corrected chi connectivity index (χ0v) is 13.1. The Kier molecular flexibility index (Phi) is 4.82. The fraction of sp³-hybridized carbons (Fsp3) is 0.938. The molecule has 3 rings (SSSR count). The molecule has 0 spiro atoms. The molecular formula is C16H27NO4. The molecule has 0 radical (unpaired) electrons. The Morgan fingerprint density at radius 3 is 2.38 bits per heavy atom. The highest BCUT2D eigenvalue weighted by molar-refractivity contribution is 5.91. The molecule has 0 aliphatic carbocycles. The maximum atomic E-state index is 6.30. The number of hydrogen-bond acceptors (Lipinski definition) is 5. The van der Waals surface area contributed by atoms with Gasteiger partial charge in [-0.2, -0.15) is 9.78 Å². The lowest BCUT2D eigenvalue weighted by Gasteiger charge is -2.34. The molecule has 0 aromatic heterocycles. The lowest BCUT2D eigenvalue weighted by molar-refractivity contribution is -0.335. The van der Waals surface area contributed by atoms with Crippen molar-refractivity contribution >= 4 is 5.71 Å². The van der Waals surface area contributed by atoms with Gasteiger partial charge in [-0.05, 0) is 25.7 Å². The summed E-state index contributed by atoms with van der Waals surface area (Å²) in [7, 11) is 1.58. The standard InChI is InChI=1S/C16H27NO4/c1-18-17-14-10-7-5-3-2-4-6-8-11-15-12-9-13-16(14,19-15)21-20-15/h2-13H2,1H3/b17-14+/t15-,16-/m0/s1. The van der Waals surface area contributed by atoms with E-state index in [4.69, 9.17) is 19.3 Å². The molecular weight excluding hydrogens is 270 g/mol. The molecule has 0 aromatic carbocycles. The van der Waals surface area contributed by atoms with Crippen LogP contribution in [0, 0.1) is 0 Å². The Bertz CT molecular complexity index is 386. The van der Waals surface area contributed by atoms with Gasteiger partial charge in [-0.1, -0.05) is 37.3 Å². The molecule has 0 saturated carbocycles. The van der Waals surface area contributed by atoms with Crippen LogP contribution in [0.2, 0.25) is 0 Å². The minimum Gasteiger partial charge on any atom is -0.399 e. The van der Waals surface area contributed by atoms with Crippen LogP contribution in [0.15, 0.2) is 5.16 Å². The summed E-state index contributed by atoms with van der Waals surface area (Å²) >= 11 is 0. The average Bonchev–Trinajstić information content (AvgIpc) is 2.76. The van der Waals surface area contributed by atoms with Crippen LogP contribution in [0.3, 0.4) is 0 Å². The van der Waals surface area contributed by atoms with Crippen LogP contribution in [-0.4, -0.2) is 24.4 Å². The first-order valence-electron chi connectivity index (χ1n) is 8.46. The van der Waals surface area contributed by atoms with Crippen molar-refractivity contribution in [3.63, 3.8) is 0 Å². The van der Waals surface area contributed by atoms with Crippen molar-refractivity contribution in [1.82, 2.24) is 0 Å². The highest BCUT2D eigenvalue weighted by Crippen LogP contribution is 2.48. The molecule has 3 heterocycles. The van der Waals surface area contributed by atoms with E-state index in [1.807, 2.05) is 0 Å². The van der Waals surface area contributed by atoms with E-state index in [0.717, 1.165) is 50.7 Å². The van der Waals surface area contributed by atoms with Crippen LogP contribution in [0.25, 0.3) is 0 Å². The maximum absolute atomic E-state index is 6.30. The first kappa shape index (κ1) is 15.3. The minimum atomic E-state index is -0.803.